The van der Waals surface area contributed by atoms with Gasteiger partial charge in [0.25, 0.3) is 0 Å². The maximum absolute atomic E-state index is 11.2. The quantitative estimate of drug-likeness (QED) is 0.503. The second-order valence-corrected chi connectivity index (χ2v) is 4.11. The molecular weight excluding hydrogens is 184 g/mol. The van der Waals surface area contributed by atoms with Gasteiger partial charge in [-0.25, -0.2) is 0 Å². The third-order valence-electron chi connectivity index (χ3n) is 3.06. The topological polar surface area (TPSA) is 78.4 Å². The van der Waals surface area contributed by atoms with Crippen LogP contribution < -0.4 is 10.6 Å². The van der Waals surface area contributed by atoms with Gasteiger partial charge in [0.05, 0.1) is 19.1 Å². The fourth-order valence-electron chi connectivity index (χ4n) is 1.99. The molecule has 0 spiro atoms. The van der Waals surface area contributed by atoms with E-state index in [0.717, 1.165) is 19.3 Å². The summed E-state index contributed by atoms with van der Waals surface area (Å²) < 4.78 is 0. The first-order valence-electron chi connectivity index (χ1n) is 4.87. The molecule has 3 N–H and O–H groups in total. The molecule has 1 aliphatic heterocycles. The van der Waals surface area contributed by atoms with Crippen LogP contribution >= 0.6 is 0 Å². The fraction of sp³-hybridized carbons (Fsp3) is 0.778. The molecule has 5 nitrogen and oxygen atoms in total. The summed E-state index contributed by atoms with van der Waals surface area (Å²) in [7, 11) is 0. The molecule has 1 aliphatic carbocycles. The number of hydrogen-bond acceptors (Lipinski definition) is 4. The molecule has 2 aliphatic rings. The van der Waals surface area contributed by atoms with E-state index in [-0.39, 0.29) is 30.4 Å². The number of aliphatic hydroxyl groups is 1. The first kappa shape index (κ1) is 9.61. The zero-order valence-corrected chi connectivity index (χ0v) is 7.88. The third-order valence-corrected chi connectivity index (χ3v) is 3.06. The SMILES string of the molecule is O=C1CC(NC2(CO)CCC2)C(=O)N1. The summed E-state index contributed by atoms with van der Waals surface area (Å²) in [4.78, 5) is 22.2. The highest BCUT2D eigenvalue weighted by atomic mass is 16.3. The molecule has 78 valence electrons. The molecule has 1 saturated heterocycles. The van der Waals surface area contributed by atoms with Crippen LogP contribution in [0.1, 0.15) is 25.7 Å². The Morgan fingerprint density at radius 3 is 2.57 bits per heavy atom. The smallest absolute Gasteiger partial charge is 0.244 e. The van der Waals surface area contributed by atoms with Crippen molar-refractivity contribution in [2.45, 2.75) is 37.3 Å². The fourth-order valence-corrected chi connectivity index (χ4v) is 1.99. The van der Waals surface area contributed by atoms with Crippen LogP contribution in [0, 0.1) is 0 Å². The van der Waals surface area contributed by atoms with Gasteiger partial charge in [0.15, 0.2) is 0 Å². The van der Waals surface area contributed by atoms with Crippen molar-refractivity contribution in [1.82, 2.24) is 10.6 Å². The van der Waals surface area contributed by atoms with Gasteiger partial charge in [0, 0.05) is 5.54 Å². The van der Waals surface area contributed by atoms with Crippen LogP contribution in [0.25, 0.3) is 0 Å². The number of amides is 2. The summed E-state index contributed by atoms with van der Waals surface area (Å²) in [6.45, 7) is 0.0327. The van der Waals surface area contributed by atoms with Gasteiger partial charge in [-0.2, -0.15) is 0 Å². The van der Waals surface area contributed by atoms with Gasteiger partial charge in [-0.15, -0.1) is 0 Å². The van der Waals surface area contributed by atoms with Crippen molar-refractivity contribution in [1.29, 1.82) is 0 Å². The van der Waals surface area contributed by atoms with E-state index in [2.05, 4.69) is 10.6 Å². The van der Waals surface area contributed by atoms with E-state index in [4.69, 9.17) is 5.11 Å². The van der Waals surface area contributed by atoms with Crippen molar-refractivity contribution in [2.75, 3.05) is 6.61 Å². The third kappa shape index (κ3) is 1.53. The Morgan fingerprint density at radius 1 is 1.50 bits per heavy atom. The largest absolute Gasteiger partial charge is 0.394 e. The lowest BCUT2D eigenvalue weighted by Gasteiger charge is -2.42. The molecule has 2 rings (SSSR count). The van der Waals surface area contributed by atoms with Gasteiger partial charge in [0.1, 0.15) is 0 Å². The van der Waals surface area contributed by atoms with Crippen molar-refractivity contribution in [3.63, 3.8) is 0 Å². The minimum atomic E-state index is -0.449. The van der Waals surface area contributed by atoms with Gasteiger partial charge < -0.3 is 5.11 Å². The predicted octanol–water partition coefficient (Wildman–Crippen LogP) is -1.09. The second kappa shape index (κ2) is 3.33. The average Bonchev–Trinajstić information content (AvgIpc) is 2.38. The van der Waals surface area contributed by atoms with Crippen molar-refractivity contribution in [3.05, 3.63) is 0 Å². The molecule has 1 atom stereocenters. The summed E-state index contributed by atoms with van der Waals surface area (Å²) in [6, 6.07) is -0.449. The Kier molecular flexibility index (Phi) is 2.28. The van der Waals surface area contributed by atoms with Crippen LogP contribution in [0.4, 0.5) is 0 Å². The Bertz CT molecular complexity index is 268. The van der Waals surface area contributed by atoms with Gasteiger partial charge in [-0.1, -0.05) is 0 Å². The molecule has 0 aromatic heterocycles. The Labute approximate surface area is 81.9 Å². The molecule has 14 heavy (non-hydrogen) atoms. The van der Waals surface area contributed by atoms with Crippen LogP contribution in [0.15, 0.2) is 0 Å². The lowest BCUT2D eigenvalue weighted by molar-refractivity contribution is -0.125. The second-order valence-electron chi connectivity index (χ2n) is 4.11. The first-order chi connectivity index (χ1) is 6.65. The maximum atomic E-state index is 11.2. The Balaban J connectivity index is 1.96. The number of rotatable bonds is 3. The van der Waals surface area contributed by atoms with E-state index in [9.17, 15) is 9.59 Å². The first-order valence-corrected chi connectivity index (χ1v) is 4.87. The number of nitrogens with one attached hydrogen (secondary N) is 2. The van der Waals surface area contributed by atoms with E-state index in [1.165, 1.54) is 0 Å². The lowest BCUT2D eigenvalue weighted by Crippen LogP contribution is -2.59. The highest BCUT2D eigenvalue weighted by Crippen LogP contribution is 2.32. The Morgan fingerprint density at radius 2 is 2.21 bits per heavy atom. The van der Waals surface area contributed by atoms with E-state index >= 15 is 0 Å². The molecule has 1 saturated carbocycles. The highest BCUT2D eigenvalue weighted by Gasteiger charge is 2.42. The number of carbonyl (C=O) groups is 2. The normalized spacial score (nSPS) is 29.9. The zero-order chi connectivity index (χ0) is 10.2. The summed E-state index contributed by atoms with van der Waals surface area (Å²) in [5.41, 5.74) is -0.313. The summed E-state index contributed by atoms with van der Waals surface area (Å²) >= 11 is 0. The van der Waals surface area contributed by atoms with Crippen LogP contribution in [0.3, 0.4) is 0 Å². The molecule has 1 heterocycles. The predicted molar refractivity (Wildman–Crippen MR) is 48.4 cm³/mol. The zero-order valence-electron chi connectivity index (χ0n) is 7.88. The lowest BCUT2D eigenvalue weighted by atomic mass is 9.77. The van der Waals surface area contributed by atoms with Gasteiger partial charge in [0.2, 0.25) is 11.8 Å². The Hall–Kier alpha value is -0.940. The summed E-state index contributed by atoms with van der Waals surface area (Å²) in [5, 5.41) is 14.5. The standard InChI is InChI=1S/C9H14N2O3/c12-5-9(2-1-3-9)11-6-4-7(13)10-8(6)14/h6,11-12H,1-5H2,(H,10,13,14). The molecule has 5 heteroatoms. The van der Waals surface area contributed by atoms with Gasteiger partial charge >= 0.3 is 0 Å². The number of hydrogen-bond donors (Lipinski definition) is 3. The molecule has 2 fully saturated rings. The number of carbonyl (C=O) groups excluding carboxylic acids is 2. The molecule has 1 unspecified atom stereocenters. The summed E-state index contributed by atoms with van der Waals surface area (Å²) in [5.74, 6) is -0.505. The van der Waals surface area contributed by atoms with Crippen LogP contribution in [0.2, 0.25) is 0 Å². The molecule has 0 bridgehead atoms. The van der Waals surface area contributed by atoms with E-state index < -0.39 is 6.04 Å². The number of imide groups is 1. The van der Waals surface area contributed by atoms with Crippen LogP contribution in [-0.4, -0.2) is 35.1 Å². The molecule has 2 amide bonds. The van der Waals surface area contributed by atoms with E-state index in [0.29, 0.717) is 0 Å². The molecule has 0 radical (unpaired) electrons. The van der Waals surface area contributed by atoms with Crippen LogP contribution in [0.5, 0.6) is 0 Å². The van der Waals surface area contributed by atoms with E-state index in [1.54, 1.807) is 0 Å². The minimum absolute atomic E-state index is 0.0327. The van der Waals surface area contributed by atoms with Gasteiger partial charge in [-0.05, 0) is 19.3 Å². The maximum Gasteiger partial charge on any atom is 0.244 e. The summed E-state index contributed by atoms with van der Waals surface area (Å²) in [6.07, 6.45) is 3.01. The highest BCUT2D eigenvalue weighted by molar-refractivity contribution is 6.05. The van der Waals surface area contributed by atoms with Gasteiger partial charge in [-0.3, -0.25) is 20.2 Å². The van der Waals surface area contributed by atoms with Crippen molar-refractivity contribution in [3.8, 4) is 0 Å². The van der Waals surface area contributed by atoms with E-state index in [1.807, 2.05) is 0 Å². The molecule has 0 aromatic rings. The van der Waals surface area contributed by atoms with Crippen molar-refractivity contribution in [2.24, 2.45) is 0 Å². The molecular formula is C9H14N2O3. The van der Waals surface area contributed by atoms with Crippen LogP contribution in [-0.2, 0) is 9.59 Å². The average molecular weight is 198 g/mol. The monoisotopic (exact) mass is 198 g/mol. The minimum Gasteiger partial charge on any atom is -0.394 e. The number of aliphatic hydroxyl groups excluding tert-OH is 1. The van der Waals surface area contributed by atoms with Crippen molar-refractivity contribution < 1.29 is 14.7 Å². The molecule has 0 aromatic carbocycles. The van der Waals surface area contributed by atoms with Crippen molar-refractivity contribution >= 4 is 11.8 Å².